The SMILES string of the molecule is CC(C(=O)O)N(C)CC(=O)N1CCN(C(c2ccccc2)c2ccccc2)CC1. The molecular weight excluding hydrogens is 366 g/mol. The second-order valence-electron chi connectivity index (χ2n) is 7.57. The minimum absolute atomic E-state index is 0.0174. The minimum atomic E-state index is -0.918. The monoisotopic (exact) mass is 395 g/mol. The molecule has 1 unspecified atom stereocenters. The number of aliphatic carboxylic acids is 1. The average molecular weight is 396 g/mol. The van der Waals surface area contributed by atoms with Gasteiger partial charge >= 0.3 is 5.97 Å². The van der Waals surface area contributed by atoms with Crippen molar-refractivity contribution in [3.8, 4) is 0 Å². The lowest BCUT2D eigenvalue weighted by Gasteiger charge is -2.40. The van der Waals surface area contributed by atoms with Crippen molar-refractivity contribution in [3.63, 3.8) is 0 Å². The lowest BCUT2D eigenvalue weighted by atomic mass is 9.96. The van der Waals surface area contributed by atoms with Crippen molar-refractivity contribution in [1.82, 2.24) is 14.7 Å². The zero-order valence-electron chi connectivity index (χ0n) is 17.1. The summed E-state index contributed by atoms with van der Waals surface area (Å²) < 4.78 is 0. The van der Waals surface area contributed by atoms with E-state index in [1.807, 2.05) is 17.0 Å². The number of nitrogens with zero attached hydrogens (tertiary/aromatic N) is 3. The van der Waals surface area contributed by atoms with E-state index in [-0.39, 0.29) is 18.5 Å². The van der Waals surface area contributed by atoms with E-state index >= 15 is 0 Å². The third kappa shape index (κ3) is 5.22. The van der Waals surface area contributed by atoms with Gasteiger partial charge in [-0.25, -0.2) is 0 Å². The first kappa shape index (κ1) is 21.0. The van der Waals surface area contributed by atoms with Crippen LogP contribution in [0.4, 0.5) is 0 Å². The van der Waals surface area contributed by atoms with Gasteiger partial charge in [-0.05, 0) is 25.1 Å². The van der Waals surface area contributed by atoms with Crippen LogP contribution in [0.1, 0.15) is 24.1 Å². The minimum Gasteiger partial charge on any atom is -0.480 e. The summed E-state index contributed by atoms with van der Waals surface area (Å²) in [5, 5.41) is 9.11. The predicted octanol–water partition coefficient (Wildman–Crippen LogP) is 2.33. The van der Waals surface area contributed by atoms with Gasteiger partial charge in [-0.1, -0.05) is 60.7 Å². The molecule has 2 aromatic carbocycles. The molecule has 1 heterocycles. The highest BCUT2D eigenvalue weighted by Gasteiger charge is 2.29. The van der Waals surface area contributed by atoms with Gasteiger partial charge in [0.15, 0.2) is 0 Å². The van der Waals surface area contributed by atoms with E-state index in [0.717, 1.165) is 13.1 Å². The van der Waals surface area contributed by atoms with Crippen LogP contribution in [-0.4, -0.2) is 77.5 Å². The molecule has 1 atom stereocenters. The molecule has 154 valence electrons. The van der Waals surface area contributed by atoms with Crippen molar-refractivity contribution >= 4 is 11.9 Å². The Morgan fingerprint density at radius 2 is 1.41 bits per heavy atom. The molecule has 1 aliphatic rings. The van der Waals surface area contributed by atoms with Crippen molar-refractivity contribution in [2.75, 3.05) is 39.8 Å². The van der Waals surface area contributed by atoms with Gasteiger partial charge < -0.3 is 10.0 Å². The van der Waals surface area contributed by atoms with Crippen LogP contribution in [0.3, 0.4) is 0 Å². The van der Waals surface area contributed by atoms with E-state index in [9.17, 15) is 9.59 Å². The second kappa shape index (κ2) is 9.67. The maximum atomic E-state index is 12.6. The molecule has 1 N–H and O–H groups in total. The first-order valence-corrected chi connectivity index (χ1v) is 10.0. The summed E-state index contributed by atoms with van der Waals surface area (Å²) >= 11 is 0. The fraction of sp³-hybridized carbons (Fsp3) is 0.391. The summed E-state index contributed by atoms with van der Waals surface area (Å²) in [6.45, 7) is 4.55. The Kier molecular flexibility index (Phi) is 7.01. The number of piperazine rings is 1. The van der Waals surface area contributed by atoms with Crippen molar-refractivity contribution in [2.45, 2.75) is 19.0 Å². The first-order valence-electron chi connectivity index (χ1n) is 10.0. The lowest BCUT2D eigenvalue weighted by molar-refractivity contribution is -0.143. The number of carboxylic acid groups (broad SMARTS) is 1. The molecule has 3 rings (SSSR count). The van der Waals surface area contributed by atoms with Gasteiger partial charge in [0.25, 0.3) is 0 Å². The molecule has 1 amide bonds. The molecular formula is C23H29N3O3. The van der Waals surface area contributed by atoms with Crippen molar-refractivity contribution in [1.29, 1.82) is 0 Å². The van der Waals surface area contributed by atoms with E-state index < -0.39 is 12.0 Å². The van der Waals surface area contributed by atoms with E-state index in [2.05, 4.69) is 53.4 Å². The maximum absolute atomic E-state index is 12.6. The Morgan fingerprint density at radius 3 is 1.86 bits per heavy atom. The Hall–Kier alpha value is -2.70. The summed E-state index contributed by atoms with van der Waals surface area (Å²) in [6, 6.07) is 20.4. The highest BCUT2D eigenvalue weighted by atomic mass is 16.4. The lowest BCUT2D eigenvalue weighted by Crippen LogP contribution is -2.52. The smallest absolute Gasteiger partial charge is 0.320 e. The van der Waals surface area contributed by atoms with Crippen LogP contribution in [0.25, 0.3) is 0 Å². The quantitative estimate of drug-likeness (QED) is 0.780. The third-order valence-corrected chi connectivity index (χ3v) is 5.67. The molecule has 6 nitrogen and oxygen atoms in total. The molecule has 0 aliphatic carbocycles. The summed E-state index contributed by atoms with van der Waals surface area (Å²) in [4.78, 5) is 29.6. The highest BCUT2D eigenvalue weighted by Crippen LogP contribution is 2.29. The summed E-state index contributed by atoms with van der Waals surface area (Å²) in [6.07, 6.45) is 0. The van der Waals surface area contributed by atoms with Gasteiger partial charge in [-0.15, -0.1) is 0 Å². The van der Waals surface area contributed by atoms with Crippen LogP contribution in [0.2, 0.25) is 0 Å². The largest absolute Gasteiger partial charge is 0.480 e. The Balaban J connectivity index is 1.66. The fourth-order valence-corrected chi connectivity index (χ4v) is 3.75. The van der Waals surface area contributed by atoms with Crippen LogP contribution in [0.5, 0.6) is 0 Å². The third-order valence-electron chi connectivity index (χ3n) is 5.67. The molecule has 0 radical (unpaired) electrons. The first-order chi connectivity index (χ1) is 14.0. The van der Waals surface area contributed by atoms with E-state index in [4.69, 9.17) is 5.11 Å². The number of amides is 1. The zero-order chi connectivity index (χ0) is 20.8. The number of rotatable bonds is 7. The zero-order valence-corrected chi connectivity index (χ0v) is 17.1. The van der Waals surface area contributed by atoms with Crippen molar-refractivity contribution in [3.05, 3.63) is 71.8 Å². The molecule has 1 fully saturated rings. The Bertz CT molecular complexity index is 765. The standard InChI is InChI=1S/C23H29N3O3/c1-18(23(28)29)24(2)17-21(27)25-13-15-26(16-14-25)22(19-9-5-3-6-10-19)20-11-7-4-8-12-20/h3-12,18,22H,13-17H2,1-2H3,(H,28,29). The Morgan fingerprint density at radius 1 is 0.931 bits per heavy atom. The van der Waals surface area contributed by atoms with E-state index in [0.29, 0.717) is 13.1 Å². The van der Waals surface area contributed by atoms with Gasteiger partial charge in [0.2, 0.25) is 5.91 Å². The number of benzene rings is 2. The average Bonchev–Trinajstić information content (AvgIpc) is 2.75. The molecule has 2 aromatic rings. The van der Waals surface area contributed by atoms with Crippen LogP contribution in [-0.2, 0) is 9.59 Å². The van der Waals surface area contributed by atoms with Crippen LogP contribution >= 0.6 is 0 Å². The predicted molar refractivity (Wildman–Crippen MR) is 113 cm³/mol. The highest BCUT2D eigenvalue weighted by molar-refractivity contribution is 5.80. The van der Waals surface area contributed by atoms with Gasteiger partial charge in [0.1, 0.15) is 6.04 Å². The fourth-order valence-electron chi connectivity index (χ4n) is 3.75. The van der Waals surface area contributed by atoms with E-state index in [1.165, 1.54) is 11.1 Å². The number of carbonyl (C=O) groups is 2. The molecule has 0 spiro atoms. The molecule has 0 aromatic heterocycles. The molecule has 29 heavy (non-hydrogen) atoms. The van der Waals surface area contributed by atoms with Crippen molar-refractivity contribution < 1.29 is 14.7 Å². The summed E-state index contributed by atoms with van der Waals surface area (Å²) in [5.41, 5.74) is 2.49. The van der Waals surface area contributed by atoms with Gasteiger partial charge in [0, 0.05) is 26.2 Å². The van der Waals surface area contributed by atoms with E-state index in [1.54, 1.807) is 18.9 Å². The number of hydrogen-bond donors (Lipinski definition) is 1. The van der Waals surface area contributed by atoms with Crippen molar-refractivity contribution in [2.24, 2.45) is 0 Å². The van der Waals surface area contributed by atoms with Gasteiger partial charge in [0.05, 0.1) is 12.6 Å². The molecule has 6 heteroatoms. The van der Waals surface area contributed by atoms with Crippen LogP contribution in [0, 0.1) is 0 Å². The maximum Gasteiger partial charge on any atom is 0.320 e. The summed E-state index contributed by atoms with van der Waals surface area (Å²) in [5.74, 6) is -0.935. The second-order valence-corrected chi connectivity index (χ2v) is 7.57. The van der Waals surface area contributed by atoms with Crippen LogP contribution in [0.15, 0.2) is 60.7 Å². The topological polar surface area (TPSA) is 64.1 Å². The molecule has 0 bridgehead atoms. The molecule has 1 saturated heterocycles. The normalized spacial score (nSPS) is 16.2. The number of hydrogen-bond acceptors (Lipinski definition) is 4. The number of carbonyl (C=O) groups excluding carboxylic acids is 1. The Labute approximate surface area is 172 Å². The molecule has 1 aliphatic heterocycles. The van der Waals surface area contributed by atoms with Gasteiger partial charge in [-0.3, -0.25) is 19.4 Å². The number of likely N-dealkylation sites (N-methyl/N-ethyl adjacent to an activating group) is 1. The molecule has 0 saturated carbocycles. The summed E-state index contributed by atoms with van der Waals surface area (Å²) in [7, 11) is 1.67. The van der Waals surface area contributed by atoms with Gasteiger partial charge in [-0.2, -0.15) is 0 Å². The van der Waals surface area contributed by atoms with Crippen LogP contribution < -0.4 is 0 Å². The number of carboxylic acids is 1.